The number of rotatable bonds is 4. The van der Waals surface area contributed by atoms with Crippen LogP contribution in [0.4, 0.5) is 5.82 Å². The van der Waals surface area contributed by atoms with Crippen LogP contribution in [0.3, 0.4) is 0 Å². The van der Waals surface area contributed by atoms with Crippen LogP contribution < -0.4 is 10.5 Å². The summed E-state index contributed by atoms with van der Waals surface area (Å²) in [6.07, 6.45) is 8.73. The Kier molecular flexibility index (Phi) is 4.44. The summed E-state index contributed by atoms with van der Waals surface area (Å²) in [5.74, 6) is 0.865. The van der Waals surface area contributed by atoms with Crippen molar-refractivity contribution in [2.45, 2.75) is 25.4 Å². The van der Waals surface area contributed by atoms with E-state index in [1.807, 2.05) is 24.3 Å². The molecule has 0 N–H and O–H groups in total. The Morgan fingerprint density at radius 2 is 1.90 bits per heavy atom. The van der Waals surface area contributed by atoms with Crippen molar-refractivity contribution in [3.8, 4) is 11.3 Å². The molecule has 5 heterocycles. The van der Waals surface area contributed by atoms with Gasteiger partial charge in [0, 0.05) is 36.8 Å². The molecule has 0 amide bonds. The van der Waals surface area contributed by atoms with Gasteiger partial charge in [-0.15, -0.1) is 0 Å². The Hall–Kier alpha value is -3.68. The number of hydrogen-bond donors (Lipinski definition) is 0. The Morgan fingerprint density at radius 3 is 2.79 bits per heavy atom. The zero-order valence-corrected chi connectivity index (χ0v) is 15.7. The molecule has 1 aliphatic rings. The second kappa shape index (κ2) is 7.38. The van der Waals surface area contributed by atoms with E-state index in [1.165, 1.54) is 0 Å². The Bertz CT molecular complexity index is 1200. The highest BCUT2D eigenvalue weighted by Crippen LogP contribution is 2.29. The van der Waals surface area contributed by atoms with Crippen LogP contribution in [0.25, 0.3) is 22.3 Å². The van der Waals surface area contributed by atoms with Gasteiger partial charge in [-0.05, 0) is 43.2 Å². The van der Waals surface area contributed by atoms with Crippen molar-refractivity contribution in [2.24, 2.45) is 0 Å². The summed E-state index contributed by atoms with van der Waals surface area (Å²) in [6, 6.07) is 11.1. The maximum atomic E-state index is 12.5. The van der Waals surface area contributed by atoms with Crippen LogP contribution in [0.2, 0.25) is 0 Å². The van der Waals surface area contributed by atoms with Gasteiger partial charge in [0.1, 0.15) is 12.1 Å². The van der Waals surface area contributed by atoms with Gasteiger partial charge in [0.05, 0.1) is 23.7 Å². The van der Waals surface area contributed by atoms with Gasteiger partial charge in [-0.1, -0.05) is 0 Å². The number of anilines is 1. The molecule has 1 fully saturated rings. The Morgan fingerprint density at radius 1 is 1.00 bits per heavy atom. The summed E-state index contributed by atoms with van der Waals surface area (Å²) in [5.41, 5.74) is 2.26. The predicted octanol–water partition coefficient (Wildman–Crippen LogP) is 2.31. The SMILES string of the molecule is O=c1ccc(-c2ccncc2)nn1CC1CCCN1c1ncnc2ncccc12. The lowest BCUT2D eigenvalue weighted by Gasteiger charge is -2.26. The highest BCUT2D eigenvalue weighted by molar-refractivity contribution is 5.86. The maximum Gasteiger partial charge on any atom is 0.266 e. The van der Waals surface area contributed by atoms with E-state index in [4.69, 9.17) is 0 Å². The first-order valence-electron chi connectivity index (χ1n) is 9.60. The molecular formula is C21H19N7O. The quantitative estimate of drug-likeness (QED) is 0.532. The molecule has 29 heavy (non-hydrogen) atoms. The van der Waals surface area contributed by atoms with Gasteiger partial charge in [0.15, 0.2) is 5.65 Å². The summed E-state index contributed by atoms with van der Waals surface area (Å²) in [4.78, 5) is 31.9. The third kappa shape index (κ3) is 3.33. The second-order valence-electron chi connectivity index (χ2n) is 7.04. The van der Waals surface area contributed by atoms with Gasteiger partial charge < -0.3 is 4.90 Å². The van der Waals surface area contributed by atoms with Crippen molar-refractivity contribution in [1.82, 2.24) is 29.7 Å². The normalized spacial score (nSPS) is 16.4. The second-order valence-corrected chi connectivity index (χ2v) is 7.04. The number of aromatic nitrogens is 6. The van der Waals surface area contributed by atoms with E-state index in [1.54, 1.807) is 41.7 Å². The Balaban J connectivity index is 1.48. The van der Waals surface area contributed by atoms with Gasteiger partial charge in [-0.2, -0.15) is 5.10 Å². The lowest BCUT2D eigenvalue weighted by atomic mass is 10.2. The van der Waals surface area contributed by atoms with Crippen molar-refractivity contribution in [3.05, 3.63) is 71.7 Å². The minimum absolute atomic E-state index is 0.108. The van der Waals surface area contributed by atoms with Crippen LogP contribution >= 0.6 is 0 Å². The molecule has 0 aliphatic carbocycles. The zero-order valence-electron chi connectivity index (χ0n) is 15.7. The molecule has 8 heteroatoms. The fraction of sp³-hybridized carbons (Fsp3) is 0.238. The molecule has 1 aliphatic heterocycles. The van der Waals surface area contributed by atoms with E-state index in [0.717, 1.165) is 41.8 Å². The van der Waals surface area contributed by atoms with Gasteiger partial charge in [0.2, 0.25) is 0 Å². The van der Waals surface area contributed by atoms with Crippen molar-refractivity contribution in [3.63, 3.8) is 0 Å². The first-order chi connectivity index (χ1) is 14.3. The standard InChI is InChI=1S/C21H19N7O/c29-19-6-5-18(15-7-10-22-11-8-15)26-28(19)13-16-3-2-12-27(16)21-17-4-1-9-23-20(17)24-14-25-21/h1,4-11,14,16H,2-3,12-13H2. The number of fused-ring (bicyclic) bond motifs is 1. The van der Waals surface area contributed by atoms with Crippen molar-refractivity contribution >= 4 is 16.9 Å². The van der Waals surface area contributed by atoms with Crippen LogP contribution in [0.5, 0.6) is 0 Å². The average Bonchev–Trinajstić information content (AvgIpc) is 3.23. The molecule has 0 bridgehead atoms. The van der Waals surface area contributed by atoms with Crippen LogP contribution in [0, 0.1) is 0 Å². The van der Waals surface area contributed by atoms with Crippen molar-refractivity contribution < 1.29 is 0 Å². The highest BCUT2D eigenvalue weighted by Gasteiger charge is 2.28. The fourth-order valence-electron chi connectivity index (χ4n) is 3.87. The predicted molar refractivity (Wildman–Crippen MR) is 109 cm³/mol. The molecule has 4 aromatic rings. The molecule has 144 valence electrons. The molecule has 8 nitrogen and oxygen atoms in total. The van der Waals surface area contributed by atoms with Crippen molar-refractivity contribution in [2.75, 3.05) is 11.4 Å². The van der Waals surface area contributed by atoms with Crippen LogP contribution in [-0.2, 0) is 6.54 Å². The first-order valence-corrected chi connectivity index (χ1v) is 9.60. The summed E-state index contributed by atoms with van der Waals surface area (Å²) in [5, 5.41) is 5.52. The van der Waals surface area contributed by atoms with E-state index in [0.29, 0.717) is 12.2 Å². The lowest BCUT2D eigenvalue weighted by Crippen LogP contribution is -2.37. The summed E-state index contributed by atoms with van der Waals surface area (Å²) >= 11 is 0. The van der Waals surface area contributed by atoms with Gasteiger partial charge in [-0.25, -0.2) is 19.6 Å². The van der Waals surface area contributed by atoms with Gasteiger partial charge in [0.25, 0.3) is 5.56 Å². The van der Waals surface area contributed by atoms with E-state index in [-0.39, 0.29) is 11.6 Å². The first kappa shape index (κ1) is 17.4. The molecule has 1 unspecified atom stereocenters. The maximum absolute atomic E-state index is 12.5. The van der Waals surface area contributed by atoms with Crippen molar-refractivity contribution in [1.29, 1.82) is 0 Å². The van der Waals surface area contributed by atoms with Crippen LogP contribution in [0.15, 0.2) is 66.1 Å². The molecule has 0 aromatic carbocycles. The number of nitrogens with zero attached hydrogens (tertiary/aromatic N) is 7. The minimum Gasteiger partial charge on any atom is -0.351 e. The van der Waals surface area contributed by atoms with E-state index in [9.17, 15) is 4.79 Å². The molecular weight excluding hydrogens is 366 g/mol. The third-order valence-electron chi connectivity index (χ3n) is 5.26. The summed E-state index contributed by atoms with van der Waals surface area (Å²) in [6.45, 7) is 1.38. The minimum atomic E-state index is -0.108. The molecule has 0 saturated carbocycles. The average molecular weight is 385 g/mol. The molecule has 4 aromatic heterocycles. The Labute approximate surface area is 166 Å². The zero-order chi connectivity index (χ0) is 19.6. The molecule has 1 atom stereocenters. The van der Waals surface area contributed by atoms with Gasteiger partial charge in [-0.3, -0.25) is 9.78 Å². The van der Waals surface area contributed by atoms with E-state index < -0.39 is 0 Å². The summed E-state index contributed by atoms with van der Waals surface area (Å²) < 4.78 is 1.56. The van der Waals surface area contributed by atoms with E-state index >= 15 is 0 Å². The molecule has 5 rings (SSSR count). The summed E-state index contributed by atoms with van der Waals surface area (Å²) in [7, 11) is 0. The molecule has 0 radical (unpaired) electrons. The van der Waals surface area contributed by atoms with Crippen LogP contribution in [0.1, 0.15) is 12.8 Å². The smallest absolute Gasteiger partial charge is 0.266 e. The van der Waals surface area contributed by atoms with E-state index in [2.05, 4.69) is 29.9 Å². The topological polar surface area (TPSA) is 89.7 Å². The highest BCUT2D eigenvalue weighted by atomic mass is 16.1. The third-order valence-corrected chi connectivity index (χ3v) is 5.26. The molecule has 1 saturated heterocycles. The fourth-order valence-corrected chi connectivity index (χ4v) is 3.87. The monoisotopic (exact) mass is 385 g/mol. The van der Waals surface area contributed by atoms with Gasteiger partial charge >= 0.3 is 0 Å². The lowest BCUT2D eigenvalue weighted by molar-refractivity contribution is 0.489. The number of hydrogen-bond acceptors (Lipinski definition) is 7. The largest absolute Gasteiger partial charge is 0.351 e. The number of pyridine rings is 2. The van der Waals surface area contributed by atoms with Crippen LogP contribution in [-0.4, -0.2) is 42.3 Å². The molecule has 0 spiro atoms.